The molecule has 86 valence electrons. The highest BCUT2D eigenvalue weighted by atomic mass is 32.1. The Hall–Kier alpha value is -1.27. The molecule has 0 spiro atoms. The first-order valence-electron chi connectivity index (χ1n) is 5.28. The highest BCUT2D eigenvalue weighted by Crippen LogP contribution is 2.11. The van der Waals surface area contributed by atoms with Gasteiger partial charge in [-0.25, -0.2) is 0 Å². The fourth-order valence-corrected chi connectivity index (χ4v) is 1.98. The van der Waals surface area contributed by atoms with E-state index >= 15 is 0 Å². The Balaban J connectivity index is 2.03. The molecule has 6 heteroatoms. The Bertz CT molecular complexity index is 420. The molecule has 0 unspecified atom stereocenters. The van der Waals surface area contributed by atoms with Gasteiger partial charge in [-0.3, -0.25) is 0 Å². The molecule has 1 N–H and O–H groups in total. The van der Waals surface area contributed by atoms with E-state index in [1.165, 1.54) is 0 Å². The molecule has 0 fully saturated rings. The summed E-state index contributed by atoms with van der Waals surface area (Å²) >= 11 is 1.64. The third-order valence-electron chi connectivity index (χ3n) is 2.12. The zero-order valence-electron chi connectivity index (χ0n) is 9.42. The Morgan fingerprint density at radius 1 is 1.50 bits per heavy atom. The van der Waals surface area contributed by atoms with Crippen LogP contribution in [0.25, 0.3) is 5.69 Å². The number of nitrogens with zero attached hydrogens (tertiary/aromatic N) is 4. The van der Waals surface area contributed by atoms with E-state index in [0.717, 1.165) is 18.1 Å². The van der Waals surface area contributed by atoms with E-state index in [1.54, 1.807) is 16.0 Å². The van der Waals surface area contributed by atoms with Gasteiger partial charge in [0.15, 0.2) is 5.82 Å². The molecule has 0 aliphatic rings. The molecule has 2 heterocycles. The molecule has 5 nitrogen and oxygen atoms in total. The number of aromatic nitrogens is 4. The second kappa shape index (κ2) is 5.18. The third-order valence-corrected chi connectivity index (χ3v) is 2.79. The maximum Gasteiger partial charge on any atom is 0.170 e. The van der Waals surface area contributed by atoms with Gasteiger partial charge in [0.05, 0.1) is 12.2 Å². The van der Waals surface area contributed by atoms with E-state index in [1.807, 2.05) is 16.8 Å². The van der Waals surface area contributed by atoms with Crippen molar-refractivity contribution in [1.29, 1.82) is 0 Å². The van der Waals surface area contributed by atoms with E-state index in [-0.39, 0.29) is 0 Å². The van der Waals surface area contributed by atoms with Crippen LogP contribution in [-0.4, -0.2) is 26.8 Å². The average Bonchev–Trinajstić information content (AvgIpc) is 2.84. The van der Waals surface area contributed by atoms with Crippen molar-refractivity contribution < 1.29 is 0 Å². The molecular weight excluding hydrogens is 222 g/mol. The smallest absolute Gasteiger partial charge is 0.170 e. The Kier molecular flexibility index (Phi) is 3.63. The van der Waals surface area contributed by atoms with Crippen molar-refractivity contribution in [1.82, 2.24) is 25.5 Å². The van der Waals surface area contributed by atoms with Gasteiger partial charge >= 0.3 is 0 Å². The molecule has 0 amide bonds. The van der Waals surface area contributed by atoms with Gasteiger partial charge in [0.1, 0.15) is 0 Å². The standard InChI is InChI=1S/C10H15N5S/c1-8(2)5-11-6-10-12-13-14-15(10)9-3-4-16-7-9/h3-4,7-8,11H,5-6H2,1-2H3. The quantitative estimate of drug-likeness (QED) is 0.855. The van der Waals surface area contributed by atoms with Gasteiger partial charge < -0.3 is 5.32 Å². The van der Waals surface area contributed by atoms with Crippen LogP contribution in [0.1, 0.15) is 19.7 Å². The fraction of sp³-hybridized carbons (Fsp3) is 0.500. The highest BCUT2D eigenvalue weighted by Gasteiger charge is 2.07. The van der Waals surface area contributed by atoms with Crippen LogP contribution < -0.4 is 5.32 Å². The molecule has 0 saturated carbocycles. The monoisotopic (exact) mass is 237 g/mol. The molecule has 16 heavy (non-hydrogen) atoms. The van der Waals surface area contributed by atoms with Gasteiger partial charge in [0.2, 0.25) is 0 Å². The van der Waals surface area contributed by atoms with Crippen LogP contribution in [-0.2, 0) is 6.54 Å². The van der Waals surface area contributed by atoms with E-state index in [9.17, 15) is 0 Å². The average molecular weight is 237 g/mol. The van der Waals surface area contributed by atoms with E-state index < -0.39 is 0 Å². The lowest BCUT2D eigenvalue weighted by Crippen LogP contribution is -2.21. The van der Waals surface area contributed by atoms with Crippen LogP contribution >= 0.6 is 11.3 Å². The second-order valence-electron chi connectivity index (χ2n) is 4.01. The SMILES string of the molecule is CC(C)CNCc1nnnn1-c1ccsc1. The summed E-state index contributed by atoms with van der Waals surface area (Å²) in [6.45, 7) is 6.02. The van der Waals surface area contributed by atoms with Crippen molar-refractivity contribution >= 4 is 11.3 Å². The zero-order valence-corrected chi connectivity index (χ0v) is 10.2. The van der Waals surface area contributed by atoms with E-state index in [0.29, 0.717) is 12.5 Å². The van der Waals surface area contributed by atoms with Crippen molar-refractivity contribution in [3.05, 3.63) is 22.7 Å². The molecule has 2 rings (SSSR count). The fourth-order valence-electron chi connectivity index (χ4n) is 1.37. The zero-order chi connectivity index (χ0) is 11.4. The molecule has 0 bridgehead atoms. The van der Waals surface area contributed by atoms with Crippen LogP contribution in [0.4, 0.5) is 0 Å². The van der Waals surface area contributed by atoms with Crippen LogP contribution in [0.15, 0.2) is 16.8 Å². The van der Waals surface area contributed by atoms with Gasteiger partial charge in [-0.15, -0.1) is 5.10 Å². The summed E-state index contributed by atoms with van der Waals surface area (Å²) in [7, 11) is 0. The van der Waals surface area contributed by atoms with Gasteiger partial charge in [0.25, 0.3) is 0 Å². The Labute approximate surface area is 98.5 Å². The summed E-state index contributed by atoms with van der Waals surface area (Å²) in [5, 5.41) is 19.1. The van der Waals surface area contributed by atoms with Crippen LogP contribution in [0.3, 0.4) is 0 Å². The molecule has 0 atom stereocenters. The third kappa shape index (κ3) is 2.65. The number of rotatable bonds is 5. The minimum absolute atomic E-state index is 0.630. The summed E-state index contributed by atoms with van der Waals surface area (Å²) in [5.41, 5.74) is 1.02. The predicted molar refractivity (Wildman–Crippen MR) is 63.6 cm³/mol. The van der Waals surface area contributed by atoms with Crippen molar-refractivity contribution in [3.8, 4) is 5.69 Å². The van der Waals surface area contributed by atoms with Crippen LogP contribution in [0.2, 0.25) is 0 Å². The Morgan fingerprint density at radius 3 is 3.06 bits per heavy atom. The molecule has 2 aromatic rings. The predicted octanol–water partition coefficient (Wildman–Crippen LogP) is 1.47. The highest BCUT2D eigenvalue weighted by molar-refractivity contribution is 7.08. The molecule has 2 aromatic heterocycles. The first-order chi connectivity index (χ1) is 7.77. The second-order valence-corrected chi connectivity index (χ2v) is 4.79. The van der Waals surface area contributed by atoms with Crippen molar-refractivity contribution in [3.63, 3.8) is 0 Å². The Morgan fingerprint density at radius 2 is 2.38 bits per heavy atom. The molecule has 0 aliphatic carbocycles. The normalized spacial score (nSPS) is 11.2. The van der Waals surface area contributed by atoms with Crippen LogP contribution in [0.5, 0.6) is 0 Å². The number of nitrogens with one attached hydrogen (secondary N) is 1. The number of thiophene rings is 1. The minimum Gasteiger partial charge on any atom is -0.310 e. The van der Waals surface area contributed by atoms with Gasteiger partial charge in [-0.1, -0.05) is 13.8 Å². The van der Waals surface area contributed by atoms with E-state index in [4.69, 9.17) is 0 Å². The molecule has 0 aliphatic heterocycles. The molecule has 0 saturated heterocycles. The number of hydrogen-bond donors (Lipinski definition) is 1. The topological polar surface area (TPSA) is 55.6 Å². The lowest BCUT2D eigenvalue weighted by atomic mass is 10.2. The van der Waals surface area contributed by atoms with Crippen molar-refractivity contribution in [2.75, 3.05) is 6.54 Å². The minimum atomic E-state index is 0.630. The van der Waals surface area contributed by atoms with E-state index in [2.05, 4.69) is 34.7 Å². The summed E-state index contributed by atoms with van der Waals surface area (Å²) in [6, 6.07) is 2.01. The summed E-state index contributed by atoms with van der Waals surface area (Å²) in [4.78, 5) is 0. The largest absolute Gasteiger partial charge is 0.310 e. The number of tetrazole rings is 1. The van der Waals surface area contributed by atoms with Crippen molar-refractivity contribution in [2.45, 2.75) is 20.4 Å². The lowest BCUT2D eigenvalue weighted by Gasteiger charge is -2.06. The summed E-state index contributed by atoms with van der Waals surface area (Å²) < 4.78 is 1.77. The first-order valence-corrected chi connectivity index (χ1v) is 6.22. The van der Waals surface area contributed by atoms with Gasteiger partial charge in [-0.05, 0) is 34.3 Å². The maximum absolute atomic E-state index is 4.01. The molecule has 0 aromatic carbocycles. The van der Waals surface area contributed by atoms with Gasteiger partial charge in [-0.2, -0.15) is 16.0 Å². The summed E-state index contributed by atoms with van der Waals surface area (Å²) in [5.74, 6) is 1.48. The first kappa shape index (κ1) is 11.2. The number of hydrogen-bond acceptors (Lipinski definition) is 5. The maximum atomic E-state index is 4.01. The lowest BCUT2D eigenvalue weighted by molar-refractivity contribution is 0.538. The molecule has 0 radical (unpaired) electrons. The molecular formula is C10H15N5S. The van der Waals surface area contributed by atoms with Gasteiger partial charge in [0, 0.05) is 5.38 Å². The van der Waals surface area contributed by atoms with Crippen molar-refractivity contribution in [2.24, 2.45) is 5.92 Å². The summed E-state index contributed by atoms with van der Waals surface area (Å²) in [6.07, 6.45) is 0. The van der Waals surface area contributed by atoms with Crippen LogP contribution in [0, 0.1) is 5.92 Å².